The summed E-state index contributed by atoms with van der Waals surface area (Å²) in [6.07, 6.45) is -31.3. The molecule has 388 valence electrons. The Kier molecular flexibility index (Phi) is 22.3. The van der Waals surface area contributed by atoms with Crippen molar-refractivity contribution in [3.05, 3.63) is 0 Å². The first-order chi connectivity index (χ1) is 31.8. The van der Waals surface area contributed by atoms with Crippen LogP contribution >= 0.6 is 0 Å². The molecule has 4 aliphatic rings. The van der Waals surface area contributed by atoms with Gasteiger partial charge in [-0.1, -0.05) is 25.7 Å². The highest BCUT2D eigenvalue weighted by Crippen LogP contribution is 2.39. The first-order valence-corrected chi connectivity index (χ1v) is 22.0. The van der Waals surface area contributed by atoms with Gasteiger partial charge in [-0.3, -0.25) is 14.4 Å². The molecule has 27 heteroatoms. The van der Waals surface area contributed by atoms with E-state index in [9.17, 15) is 75.3 Å². The average Bonchev–Trinajstić information content (AvgIpc) is 3.30. The zero-order valence-electron chi connectivity index (χ0n) is 37.2. The van der Waals surface area contributed by atoms with Crippen molar-refractivity contribution in [2.24, 2.45) is 0 Å². The Bertz CT molecular complexity index is 1560. The molecule has 26 nitrogen and oxygen atoms in total. The molecule has 15 unspecified atom stereocenters. The molecule has 4 fully saturated rings. The monoisotopic (exact) mass is 978 g/mol. The lowest BCUT2D eigenvalue weighted by molar-refractivity contribution is -0.389. The second-order valence-electron chi connectivity index (χ2n) is 16.9. The number of hydrogen-bond donors (Lipinski definition) is 13. The van der Waals surface area contributed by atoms with Crippen molar-refractivity contribution in [1.29, 1.82) is 0 Å². The van der Waals surface area contributed by atoms with Crippen molar-refractivity contribution in [3.8, 4) is 0 Å². The molecular weight excluding hydrogens is 911 g/mol. The molecule has 21 atom stereocenters. The van der Waals surface area contributed by atoms with Gasteiger partial charge >= 0.3 is 11.9 Å². The lowest BCUT2D eigenvalue weighted by Gasteiger charge is -2.51. The summed E-state index contributed by atoms with van der Waals surface area (Å²) in [4.78, 5) is 48.7. The minimum atomic E-state index is -3.14. The highest BCUT2D eigenvalue weighted by molar-refractivity contribution is 5.76. The molecule has 0 saturated carbocycles. The number of carboxylic acids is 1. The highest BCUT2D eigenvalue weighted by Gasteiger charge is 2.61. The van der Waals surface area contributed by atoms with Gasteiger partial charge < -0.3 is 109 Å². The summed E-state index contributed by atoms with van der Waals surface area (Å²) in [5, 5.41) is 122. The molecule has 67 heavy (non-hydrogen) atoms. The smallest absolute Gasteiger partial charge is 0.364 e. The van der Waals surface area contributed by atoms with Crippen LogP contribution in [0.2, 0.25) is 0 Å². The number of halogens is 1. The van der Waals surface area contributed by atoms with E-state index in [0.717, 1.165) is 26.2 Å². The molecule has 0 aromatic heterocycles. The molecule has 0 aliphatic carbocycles. The Balaban J connectivity index is 1.66. The number of rotatable bonds is 25. The maximum atomic E-state index is 15.6. The van der Waals surface area contributed by atoms with E-state index in [0.29, 0.717) is 19.3 Å². The molecule has 4 aliphatic heterocycles. The number of carbonyl (C=O) groups is 4. The van der Waals surface area contributed by atoms with Crippen LogP contribution in [0.5, 0.6) is 0 Å². The number of nitrogens with one attached hydrogen (secondary N) is 2. The first-order valence-electron chi connectivity index (χ1n) is 22.0. The molecule has 0 aromatic carbocycles. The Morgan fingerprint density at radius 2 is 1.43 bits per heavy atom. The molecule has 13 N–H and O–H groups in total. The van der Waals surface area contributed by atoms with Crippen molar-refractivity contribution in [3.63, 3.8) is 0 Å². The normalized spacial score (nSPS) is 40.0. The number of carboxylic acid groups (broad SMARTS) is 1. The molecule has 4 rings (SSSR count). The van der Waals surface area contributed by atoms with Crippen LogP contribution in [0.1, 0.15) is 65.2 Å². The summed E-state index contributed by atoms with van der Waals surface area (Å²) in [5.74, 6) is -6.27. The van der Waals surface area contributed by atoms with E-state index in [4.69, 9.17) is 37.9 Å². The number of alkyl halides is 1. The van der Waals surface area contributed by atoms with Gasteiger partial charge in [0.15, 0.2) is 25.0 Å². The van der Waals surface area contributed by atoms with Gasteiger partial charge in [-0.15, -0.1) is 0 Å². The van der Waals surface area contributed by atoms with Crippen molar-refractivity contribution in [1.82, 2.24) is 10.6 Å². The van der Waals surface area contributed by atoms with Crippen LogP contribution in [0.15, 0.2) is 0 Å². The summed E-state index contributed by atoms with van der Waals surface area (Å²) >= 11 is 0. The number of esters is 1. The van der Waals surface area contributed by atoms with E-state index in [2.05, 4.69) is 15.4 Å². The Hall–Kier alpha value is -2.91. The maximum Gasteiger partial charge on any atom is 0.364 e. The van der Waals surface area contributed by atoms with Crippen LogP contribution < -0.4 is 10.6 Å². The number of aliphatic carboxylic acids is 1. The summed E-state index contributed by atoms with van der Waals surface area (Å²) in [6, 6.07) is -3.13. The summed E-state index contributed by atoms with van der Waals surface area (Å²) < 4.78 is 67.0. The highest BCUT2D eigenvalue weighted by atomic mass is 19.1. The fraction of sp³-hybridized carbons (Fsp3) is 0.900. The van der Waals surface area contributed by atoms with E-state index in [1.807, 2.05) is 0 Å². The standard InChI is InChI=1S/C40H67FN2O24/c1-17-27(52)30(55)24(41)36(61-17)64-32-22(15-46)63-37(60-11-9-7-5-4-6-8-10-23(51)59-3)26(42-16-47)34(32)65-38-31(56)35(29(54)21(14-45)62-38)67-40(39(57)58)12-19(49)25(43-18(2)48)33(66-40)28(53)20(50)13-44/h16-17,19-22,24-38,44-46,49-50,52-56H,4-15H2,1-3H3,(H,42,47)(H,43,48)(H,57,58)/t17?,19?,20?,21?,22?,24?,25-,26?,27-,28?,29+,30?,31?,32-,33?,34?,35?,36?,37-,38?,40+/m1/s1. The molecule has 4 saturated heterocycles. The number of carbonyl (C=O) groups excluding carboxylic acids is 3. The summed E-state index contributed by atoms with van der Waals surface area (Å²) in [5.41, 5.74) is 0. The largest absolute Gasteiger partial charge is 0.477 e. The van der Waals surface area contributed by atoms with E-state index < -0.39 is 166 Å². The quantitative estimate of drug-likeness (QED) is 0.0230. The number of methoxy groups -OCH3 is 1. The minimum Gasteiger partial charge on any atom is -0.477 e. The van der Waals surface area contributed by atoms with Crippen LogP contribution in [0, 0.1) is 0 Å². The molecule has 0 bridgehead atoms. The van der Waals surface area contributed by atoms with Crippen LogP contribution in [0.3, 0.4) is 0 Å². The predicted octanol–water partition coefficient (Wildman–Crippen LogP) is -5.71. The average molecular weight is 979 g/mol. The van der Waals surface area contributed by atoms with Gasteiger partial charge in [-0.2, -0.15) is 0 Å². The van der Waals surface area contributed by atoms with Gasteiger partial charge in [0.05, 0.1) is 45.2 Å². The SMILES string of the molecule is COC(=O)CCCCCCCCO[C@@H]1OC(CO)[C@@H](OC2OC(C)[C@@H](O)C(O)C2F)C(OC2OC(CO)[C@H](O)C(O[C@]3(C(=O)O)CC(O)[C@@H](NC(C)=O)C(C(O)C(O)CO)O3)C2O)C1NC=O. The number of hydrogen-bond acceptors (Lipinski definition) is 23. The lowest BCUT2D eigenvalue weighted by Crippen LogP contribution is -2.71. The summed E-state index contributed by atoms with van der Waals surface area (Å²) in [7, 11) is 1.31. The number of aliphatic hydroxyl groups excluding tert-OH is 10. The minimum absolute atomic E-state index is 0.00563. The van der Waals surface area contributed by atoms with Crippen molar-refractivity contribution in [2.75, 3.05) is 33.5 Å². The third-order valence-corrected chi connectivity index (χ3v) is 12.1. The van der Waals surface area contributed by atoms with Gasteiger partial charge in [-0.25, -0.2) is 9.18 Å². The van der Waals surface area contributed by atoms with Crippen LogP contribution in [0.4, 0.5) is 4.39 Å². The Labute approximate surface area is 384 Å². The molecule has 0 radical (unpaired) electrons. The van der Waals surface area contributed by atoms with Crippen molar-refractivity contribution in [2.45, 2.75) is 194 Å². The van der Waals surface area contributed by atoms with E-state index >= 15 is 4.39 Å². The maximum absolute atomic E-state index is 15.6. The molecule has 0 aromatic rings. The van der Waals surface area contributed by atoms with Gasteiger partial charge in [0.2, 0.25) is 12.3 Å². The summed E-state index contributed by atoms with van der Waals surface area (Å²) in [6.45, 7) is -0.758. The van der Waals surface area contributed by atoms with Gasteiger partial charge in [0.1, 0.15) is 79.3 Å². The third-order valence-electron chi connectivity index (χ3n) is 12.1. The lowest BCUT2D eigenvalue weighted by atomic mass is 9.88. The van der Waals surface area contributed by atoms with E-state index in [1.54, 1.807) is 0 Å². The van der Waals surface area contributed by atoms with Crippen LogP contribution in [0.25, 0.3) is 0 Å². The zero-order chi connectivity index (χ0) is 49.7. The number of unbranched alkanes of at least 4 members (excludes halogenated alkanes) is 5. The second-order valence-corrected chi connectivity index (χ2v) is 16.9. The van der Waals surface area contributed by atoms with Gasteiger partial charge in [0.25, 0.3) is 5.79 Å². The Morgan fingerprint density at radius 1 is 0.806 bits per heavy atom. The molecule has 2 amide bonds. The van der Waals surface area contributed by atoms with Gasteiger partial charge in [0, 0.05) is 26.4 Å². The predicted molar refractivity (Wildman–Crippen MR) is 215 cm³/mol. The third kappa shape index (κ3) is 14.1. The second kappa shape index (κ2) is 26.3. The van der Waals surface area contributed by atoms with E-state index in [1.165, 1.54) is 14.0 Å². The topological polar surface area (TPSA) is 398 Å². The van der Waals surface area contributed by atoms with Crippen LogP contribution in [-0.4, -0.2) is 242 Å². The Morgan fingerprint density at radius 3 is 2.03 bits per heavy atom. The number of amides is 2. The van der Waals surface area contributed by atoms with Gasteiger partial charge in [-0.05, 0) is 19.8 Å². The fourth-order valence-corrected chi connectivity index (χ4v) is 8.34. The van der Waals surface area contributed by atoms with Crippen molar-refractivity contribution >= 4 is 24.3 Å². The number of ether oxygens (including phenoxy) is 9. The number of aliphatic hydroxyl groups is 10. The molecule has 0 spiro atoms. The van der Waals surface area contributed by atoms with E-state index in [-0.39, 0.29) is 25.4 Å². The van der Waals surface area contributed by atoms with Crippen molar-refractivity contribution < 1.29 is 122 Å². The molecular formula is C40H67FN2O24. The first kappa shape index (κ1) is 56.7. The fourth-order valence-electron chi connectivity index (χ4n) is 8.34. The zero-order valence-corrected chi connectivity index (χ0v) is 37.2. The van der Waals surface area contributed by atoms with Crippen LogP contribution in [-0.2, 0) is 61.8 Å². The molecule has 4 heterocycles.